The third-order valence-corrected chi connectivity index (χ3v) is 7.18. The highest BCUT2D eigenvalue weighted by Crippen LogP contribution is 2.39. The van der Waals surface area contributed by atoms with Crippen molar-refractivity contribution in [1.29, 1.82) is 0 Å². The molecule has 0 aliphatic carbocycles. The summed E-state index contributed by atoms with van der Waals surface area (Å²) in [5.41, 5.74) is 3.31. The van der Waals surface area contributed by atoms with E-state index < -0.39 is 5.91 Å². The van der Waals surface area contributed by atoms with Crippen molar-refractivity contribution in [1.82, 2.24) is 15.0 Å². The van der Waals surface area contributed by atoms with Gasteiger partial charge in [0.2, 0.25) is 0 Å². The Balaban J connectivity index is 0.00000205. The van der Waals surface area contributed by atoms with Crippen molar-refractivity contribution in [2.45, 2.75) is 6.92 Å². The number of thiophene rings is 3. The fourth-order valence-corrected chi connectivity index (χ4v) is 5.38. The number of carbonyl (C=O) groups excluding carboxylic acids is 2. The van der Waals surface area contributed by atoms with Crippen molar-refractivity contribution in [2.75, 3.05) is 5.43 Å². The number of anilines is 1. The van der Waals surface area contributed by atoms with E-state index in [9.17, 15) is 9.59 Å². The van der Waals surface area contributed by atoms with Crippen molar-refractivity contribution in [2.24, 2.45) is 0 Å². The predicted octanol–water partition coefficient (Wildman–Crippen LogP) is 5.21. The van der Waals surface area contributed by atoms with Crippen LogP contribution in [0.5, 0.6) is 0 Å². The van der Waals surface area contributed by atoms with Gasteiger partial charge in [0.15, 0.2) is 11.6 Å². The van der Waals surface area contributed by atoms with Gasteiger partial charge in [-0.3, -0.25) is 15.0 Å². The molecule has 0 bridgehead atoms. The number of aromatic nitrogens is 2. The summed E-state index contributed by atoms with van der Waals surface area (Å²) in [7, 11) is 0. The van der Waals surface area contributed by atoms with E-state index in [0.717, 1.165) is 29.9 Å². The number of carbonyl (C=O) groups is 2. The first-order valence-corrected chi connectivity index (χ1v) is 10.9. The van der Waals surface area contributed by atoms with E-state index in [2.05, 4.69) is 16.5 Å². The van der Waals surface area contributed by atoms with Crippen LogP contribution in [0, 0.1) is 0 Å². The molecular formula is C19H13ClN4O2S3. The summed E-state index contributed by atoms with van der Waals surface area (Å²) in [5, 5.41) is 5.76. The summed E-state index contributed by atoms with van der Waals surface area (Å²) in [6.07, 6.45) is 1.32. The van der Waals surface area contributed by atoms with Gasteiger partial charge in [0.25, 0.3) is 11.8 Å². The van der Waals surface area contributed by atoms with Crippen molar-refractivity contribution < 1.29 is 9.59 Å². The molecule has 1 N–H and O–H groups in total. The number of fused-ring (bicyclic) bond motifs is 1. The van der Waals surface area contributed by atoms with E-state index in [0.29, 0.717) is 17.2 Å². The second kappa shape index (κ2) is 7.68. The molecule has 4 aromatic heterocycles. The first-order chi connectivity index (χ1) is 13.6. The summed E-state index contributed by atoms with van der Waals surface area (Å²) < 4.78 is 0. The number of amides is 2. The lowest BCUT2D eigenvalue weighted by Crippen LogP contribution is -2.36. The van der Waals surface area contributed by atoms with Gasteiger partial charge in [0.1, 0.15) is 4.83 Å². The van der Waals surface area contributed by atoms with Gasteiger partial charge < -0.3 is 0 Å². The molecule has 5 rings (SSSR count). The number of halogens is 1. The van der Waals surface area contributed by atoms with Gasteiger partial charge in [0, 0.05) is 21.4 Å². The fourth-order valence-electron chi connectivity index (χ4n) is 2.86. The summed E-state index contributed by atoms with van der Waals surface area (Å²) in [6, 6.07) is 9.94. The summed E-state index contributed by atoms with van der Waals surface area (Å²) in [6.45, 7) is 1.62. The first kappa shape index (κ1) is 19.7. The highest BCUT2D eigenvalue weighted by Gasteiger charge is 2.30. The highest BCUT2D eigenvalue weighted by molar-refractivity contribution is 7.25. The Labute approximate surface area is 183 Å². The molecule has 1 aliphatic rings. The molecule has 1 aliphatic heterocycles. The van der Waals surface area contributed by atoms with Gasteiger partial charge in [-0.1, -0.05) is 12.1 Å². The van der Waals surface area contributed by atoms with E-state index >= 15 is 0 Å². The van der Waals surface area contributed by atoms with Gasteiger partial charge in [-0.2, -0.15) is 5.01 Å². The van der Waals surface area contributed by atoms with E-state index in [4.69, 9.17) is 4.98 Å². The number of hydrogen-bond acceptors (Lipinski definition) is 8. The van der Waals surface area contributed by atoms with E-state index in [-0.39, 0.29) is 18.3 Å². The molecule has 10 heteroatoms. The second-order valence-electron chi connectivity index (χ2n) is 6.10. The van der Waals surface area contributed by atoms with Gasteiger partial charge >= 0.3 is 0 Å². The Morgan fingerprint density at radius 2 is 1.72 bits per heavy atom. The standard InChI is InChI=1S/C19H12N4O2S3.ClH/c1-10-8-15(24)23(19(10)25)22-16-11-9-14(12-4-2-6-26-12)28-18(11)21-17(20-16)13-5-3-7-27-13;/h2-9H,1H3,(H,20,21,22);1H. The average molecular weight is 461 g/mol. The second-order valence-corrected chi connectivity index (χ2v) is 9.02. The number of imide groups is 1. The zero-order valence-electron chi connectivity index (χ0n) is 14.9. The molecule has 0 saturated heterocycles. The van der Waals surface area contributed by atoms with Gasteiger partial charge in [-0.15, -0.1) is 46.4 Å². The van der Waals surface area contributed by atoms with Gasteiger partial charge in [0.05, 0.1) is 10.3 Å². The van der Waals surface area contributed by atoms with Crippen LogP contribution >= 0.6 is 46.4 Å². The Kier molecular flexibility index (Phi) is 5.22. The van der Waals surface area contributed by atoms with Crippen LogP contribution in [0.15, 0.2) is 52.7 Å². The molecule has 0 fully saturated rings. The van der Waals surface area contributed by atoms with Crippen LogP contribution in [0.2, 0.25) is 0 Å². The number of rotatable bonds is 4. The normalized spacial score (nSPS) is 13.7. The lowest BCUT2D eigenvalue weighted by molar-refractivity contribution is -0.135. The molecule has 0 aromatic carbocycles. The van der Waals surface area contributed by atoms with Crippen LogP contribution in [0.1, 0.15) is 6.92 Å². The molecule has 0 atom stereocenters. The van der Waals surface area contributed by atoms with E-state index in [1.807, 2.05) is 35.0 Å². The van der Waals surface area contributed by atoms with Crippen LogP contribution < -0.4 is 5.43 Å². The minimum Gasteiger partial charge on any atom is -0.271 e. The summed E-state index contributed by atoms with van der Waals surface area (Å²) in [4.78, 5) is 37.7. The smallest absolute Gasteiger partial charge is 0.271 e. The van der Waals surface area contributed by atoms with Gasteiger partial charge in [-0.05, 0) is 35.9 Å². The van der Waals surface area contributed by atoms with Crippen LogP contribution in [-0.4, -0.2) is 26.8 Å². The predicted molar refractivity (Wildman–Crippen MR) is 121 cm³/mol. The van der Waals surface area contributed by atoms with Crippen LogP contribution in [0.4, 0.5) is 5.82 Å². The highest BCUT2D eigenvalue weighted by atomic mass is 35.5. The maximum absolute atomic E-state index is 12.3. The largest absolute Gasteiger partial charge is 0.275 e. The van der Waals surface area contributed by atoms with Crippen LogP contribution in [0.25, 0.3) is 30.7 Å². The Morgan fingerprint density at radius 3 is 2.34 bits per heavy atom. The van der Waals surface area contributed by atoms with Crippen molar-refractivity contribution in [3.8, 4) is 20.5 Å². The lowest BCUT2D eigenvalue weighted by Gasteiger charge is -2.17. The molecular weight excluding hydrogens is 448 g/mol. The number of hydrogen-bond donors (Lipinski definition) is 1. The zero-order valence-corrected chi connectivity index (χ0v) is 18.2. The summed E-state index contributed by atoms with van der Waals surface area (Å²) >= 11 is 4.75. The van der Waals surface area contributed by atoms with Crippen LogP contribution in [-0.2, 0) is 9.59 Å². The number of hydrazine groups is 1. The molecule has 5 heterocycles. The molecule has 0 unspecified atom stereocenters. The fraction of sp³-hybridized carbons (Fsp3) is 0.0526. The molecule has 4 aromatic rings. The van der Waals surface area contributed by atoms with Crippen LogP contribution in [0.3, 0.4) is 0 Å². The minimum absolute atomic E-state index is 0. The quantitative estimate of drug-likeness (QED) is 0.423. The average Bonchev–Trinajstić information content (AvgIpc) is 3.46. The third-order valence-electron chi connectivity index (χ3n) is 4.22. The number of nitrogens with one attached hydrogen (secondary N) is 1. The van der Waals surface area contributed by atoms with Crippen molar-refractivity contribution >= 4 is 74.3 Å². The molecule has 6 nitrogen and oxygen atoms in total. The Bertz CT molecular complexity index is 1250. The SMILES string of the molecule is CC1=CC(=O)N(Nc2nc(-c3cccs3)nc3sc(-c4cccs4)cc23)C1=O.Cl. The zero-order chi connectivity index (χ0) is 19.3. The molecule has 0 radical (unpaired) electrons. The van der Waals surface area contributed by atoms with E-state index in [1.165, 1.54) is 17.4 Å². The molecule has 29 heavy (non-hydrogen) atoms. The molecule has 0 spiro atoms. The maximum atomic E-state index is 12.3. The topological polar surface area (TPSA) is 75.2 Å². The Hall–Kier alpha value is -2.59. The Morgan fingerprint density at radius 1 is 1.00 bits per heavy atom. The van der Waals surface area contributed by atoms with E-state index in [1.54, 1.807) is 29.6 Å². The van der Waals surface area contributed by atoms with Crippen molar-refractivity contribution in [3.63, 3.8) is 0 Å². The minimum atomic E-state index is -0.402. The molecule has 2 amide bonds. The number of nitrogens with zero attached hydrogens (tertiary/aromatic N) is 3. The lowest BCUT2D eigenvalue weighted by atomic mass is 10.3. The summed E-state index contributed by atoms with van der Waals surface area (Å²) in [5.74, 6) is 0.231. The first-order valence-electron chi connectivity index (χ1n) is 8.33. The maximum Gasteiger partial charge on any atom is 0.275 e. The molecule has 0 saturated carbocycles. The molecule has 146 valence electrons. The third kappa shape index (κ3) is 3.46. The van der Waals surface area contributed by atoms with Gasteiger partial charge in [-0.25, -0.2) is 9.97 Å². The van der Waals surface area contributed by atoms with Crippen molar-refractivity contribution in [3.05, 3.63) is 52.7 Å². The monoisotopic (exact) mass is 460 g/mol.